The highest BCUT2D eigenvalue weighted by Crippen LogP contribution is 2.18. The van der Waals surface area contributed by atoms with E-state index in [-0.39, 0.29) is 31.4 Å². The Morgan fingerprint density at radius 2 is 2.09 bits per heavy atom. The third kappa shape index (κ3) is 4.49. The van der Waals surface area contributed by atoms with Gasteiger partial charge in [-0.15, -0.1) is 0 Å². The van der Waals surface area contributed by atoms with Crippen LogP contribution in [0, 0.1) is 11.6 Å². The molecule has 1 aliphatic rings. The first-order chi connectivity index (χ1) is 10.5. The van der Waals surface area contributed by atoms with Crippen LogP contribution < -0.4 is 11.1 Å². The molecule has 2 amide bonds. The molecule has 0 bridgehead atoms. The topological polar surface area (TPSA) is 81.4 Å². The van der Waals surface area contributed by atoms with Gasteiger partial charge in [-0.05, 0) is 30.9 Å². The molecule has 0 saturated carbocycles. The Bertz CT molecular complexity index is 566. The smallest absolute Gasteiger partial charge is 0.246 e. The summed E-state index contributed by atoms with van der Waals surface area (Å²) in [6.07, 6.45) is 0.665. The maximum atomic E-state index is 13.4. The number of amides is 2. The van der Waals surface area contributed by atoms with Gasteiger partial charge >= 0.3 is 0 Å². The number of rotatable bonds is 6. The van der Waals surface area contributed by atoms with E-state index in [4.69, 9.17) is 10.5 Å². The lowest BCUT2D eigenvalue weighted by atomic mass is 10.1. The van der Waals surface area contributed by atoms with E-state index in [2.05, 4.69) is 5.32 Å². The Balaban J connectivity index is 1.71. The first-order valence-corrected chi connectivity index (χ1v) is 7.11. The van der Waals surface area contributed by atoms with Gasteiger partial charge in [-0.25, -0.2) is 8.78 Å². The van der Waals surface area contributed by atoms with Crippen LogP contribution in [-0.4, -0.2) is 30.6 Å². The lowest BCUT2D eigenvalue weighted by molar-refractivity contribution is -0.128. The first kappa shape index (κ1) is 16.4. The van der Waals surface area contributed by atoms with Crippen LogP contribution in [0.25, 0.3) is 0 Å². The molecular weight excluding hydrogens is 294 g/mol. The molecule has 120 valence electrons. The van der Waals surface area contributed by atoms with E-state index in [0.717, 1.165) is 12.1 Å². The lowest BCUT2D eigenvalue weighted by Crippen LogP contribution is -2.34. The van der Waals surface area contributed by atoms with Crippen LogP contribution in [0.3, 0.4) is 0 Å². The fourth-order valence-corrected chi connectivity index (χ4v) is 2.35. The number of hydrogen-bond acceptors (Lipinski definition) is 3. The zero-order valence-electron chi connectivity index (χ0n) is 12.0. The van der Waals surface area contributed by atoms with Crippen molar-refractivity contribution in [3.8, 4) is 0 Å². The van der Waals surface area contributed by atoms with E-state index in [9.17, 15) is 18.4 Å². The average molecular weight is 312 g/mol. The summed E-state index contributed by atoms with van der Waals surface area (Å²) in [5.74, 6) is -2.06. The molecule has 1 aromatic rings. The van der Waals surface area contributed by atoms with Gasteiger partial charge in [0.1, 0.15) is 17.7 Å². The number of nitrogens with two attached hydrogens (primary N) is 1. The second-order valence-corrected chi connectivity index (χ2v) is 5.27. The van der Waals surface area contributed by atoms with Crippen LogP contribution in [0.15, 0.2) is 18.2 Å². The van der Waals surface area contributed by atoms with E-state index in [0.29, 0.717) is 18.4 Å². The zero-order valence-corrected chi connectivity index (χ0v) is 12.0. The molecule has 5 nitrogen and oxygen atoms in total. The SMILES string of the molecule is NC(=O)[C@H]1CC[C@@H](CNC(=O)CCc2ccc(F)cc2F)O1. The normalized spacial score (nSPS) is 20.8. The molecule has 22 heavy (non-hydrogen) atoms. The Labute approximate surface area is 126 Å². The van der Waals surface area contributed by atoms with Gasteiger partial charge in [-0.2, -0.15) is 0 Å². The molecule has 2 rings (SSSR count). The second-order valence-electron chi connectivity index (χ2n) is 5.27. The summed E-state index contributed by atoms with van der Waals surface area (Å²) in [5.41, 5.74) is 5.43. The number of halogens is 2. The number of primary amides is 1. The molecule has 0 spiro atoms. The highest BCUT2D eigenvalue weighted by molar-refractivity contribution is 5.79. The number of benzene rings is 1. The Morgan fingerprint density at radius 1 is 1.32 bits per heavy atom. The van der Waals surface area contributed by atoms with Crippen LogP contribution in [0.5, 0.6) is 0 Å². The summed E-state index contributed by atoms with van der Waals surface area (Å²) in [4.78, 5) is 22.7. The molecule has 1 aliphatic heterocycles. The summed E-state index contributed by atoms with van der Waals surface area (Å²) in [5, 5.41) is 2.67. The largest absolute Gasteiger partial charge is 0.367 e. The lowest BCUT2D eigenvalue weighted by Gasteiger charge is -2.12. The first-order valence-electron chi connectivity index (χ1n) is 7.11. The molecule has 0 radical (unpaired) electrons. The van der Waals surface area contributed by atoms with Gasteiger partial charge < -0.3 is 15.8 Å². The molecular formula is C15H18F2N2O3. The predicted octanol–water partition coefficient (Wildman–Crippen LogP) is 1.05. The number of carbonyl (C=O) groups is 2. The fourth-order valence-electron chi connectivity index (χ4n) is 2.35. The van der Waals surface area contributed by atoms with Gasteiger partial charge in [0.25, 0.3) is 0 Å². The summed E-state index contributed by atoms with van der Waals surface area (Å²) in [7, 11) is 0. The molecule has 1 aromatic carbocycles. The van der Waals surface area contributed by atoms with Gasteiger partial charge in [0.2, 0.25) is 11.8 Å². The molecule has 7 heteroatoms. The maximum absolute atomic E-state index is 13.4. The predicted molar refractivity (Wildman–Crippen MR) is 74.8 cm³/mol. The van der Waals surface area contributed by atoms with Crippen LogP contribution in [0.1, 0.15) is 24.8 Å². The van der Waals surface area contributed by atoms with Gasteiger partial charge in [-0.1, -0.05) is 6.07 Å². The van der Waals surface area contributed by atoms with Gasteiger partial charge in [-0.3, -0.25) is 9.59 Å². The number of carbonyl (C=O) groups excluding carboxylic acids is 2. The van der Waals surface area contributed by atoms with Gasteiger partial charge in [0.05, 0.1) is 6.10 Å². The van der Waals surface area contributed by atoms with Crippen molar-refractivity contribution in [2.45, 2.75) is 37.9 Å². The van der Waals surface area contributed by atoms with Crippen LogP contribution in [0.2, 0.25) is 0 Å². The van der Waals surface area contributed by atoms with Crippen molar-refractivity contribution in [3.05, 3.63) is 35.4 Å². The number of hydrogen-bond donors (Lipinski definition) is 2. The molecule has 1 saturated heterocycles. The molecule has 0 aliphatic carbocycles. The summed E-state index contributed by atoms with van der Waals surface area (Å²) in [6.45, 7) is 0.286. The van der Waals surface area contributed by atoms with Crippen molar-refractivity contribution in [2.24, 2.45) is 5.73 Å². The molecule has 1 fully saturated rings. The van der Waals surface area contributed by atoms with E-state index in [1.54, 1.807) is 0 Å². The van der Waals surface area contributed by atoms with Gasteiger partial charge in [0.15, 0.2) is 0 Å². The highest BCUT2D eigenvalue weighted by Gasteiger charge is 2.29. The van der Waals surface area contributed by atoms with E-state index in [1.165, 1.54) is 6.07 Å². The van der Waals surface area contributed by atoms with Crippen LogP contribution in [0.4, 0.5) is 8.78 Å². The van der Waals surface area contributed by atoms with Crippen molar-refractivity contribution in [2.75, 3.05) is 6.54 Å². The summed E-state index contributed by atoms with van der Waals surface area (Å²) >= 11 is 0. The van der Waals surface area contributed by atoms with Gasteiger partial charge in [0, 0.05) is 19.0 Å². The van der Waals surface area contributed by atoms with Crippen molar-refractivity contribution in [3.63, 3.8) is 0 Å². The van der Waals surface area contributed by atoms with E-state index >= 15 is 0 Å². The Hall–Kier alpha value is -2.02. The third-order valence-electron chi connectivity index (χ3n) is 3.59. The van der Waals surface area contributed by atoms with Crippen molar-refractivity contribution >= 4 is 11.8 Å². The van der Waals surface area contributed by atoms with Crippen LogP contribution >= 0.6 is 0 Å². The number of nitrogens with one attached hydrogen (secondary N) is 1. The Morgan fingerprint density at radius 3 is 2.73 bits per heavy atom. The van der Waals surface area contributed by atoms with Crippen LogP contribution in [-0.2, 0) is 20.7 Å². The quantitative estimate of drug-likeness (QED) is 0.823. The summed E-state index contributed by atoms with van der Waals surface area (Å²) < 4.78 is 31.6. The third-order valence-corrected chi connectivity index (χ3v) is 3.59. The second kappa shape index (κ2) is 7.31. The molecule has 2 atom stereocenters. The zero-order chi connectivity index (χ0) is 16.1. The highest BCUT2D eigenvalue weighted by atomic mass is 19.1. The standard InChI is InChI=1S/C15H18F2N2O3/c16-10-3-1-9(12(17)7-10)2-6-14(20)19-8-11-4-5-13(22-11)15(18)21/h1,3,7,11,13H,2,4-6,8H2,(H2,18,21)(H,19,20)/t11-,13+/m0/s1. The van der Waals surface area contributed by atoms with Crippen molar-refractivity contribution < 1.29 is 23.1 Å². The maximum Gasteiger partial charge on any atom is 0.246 e. The average Bonchev–Trinajstić information content (AvgIpc) is 2.93. The monoisotopic (exact) mass is 312 g/mol. The Kier molecular flexibility index (Phi) is 5.43. The number of ether oxygens (including phenoxy) is 1. The summed E-state index contributed by atoms with van der Waals surface area (Å²) in [6, 6.07) is 3.28. The minimum absolute atomic E-state index is 0.0918. The van der Waals surface area contributed by atoms with Crippen molar-refractivity contribution in [1.82, 2.24) is 5.32 Å². The van der Waals surface area contributed by atoms with E-state index in [1.807, 2.05) is 0 Å². The fraction of sp³-hybridized carbons (Fsp3) is 0.467. The number of aryl methyl sites for hydroxylation is 1. The molecule has 3 N–H and O–H groups in total. The van der Waals surface area contributed by atoms with E-state index < -0.39 is 23.6 Å². The molecule has 0 unspecified atom stereocenters. The minimum Gasteiger partial charge on any atom is -0.367 e. The van der Waals surface area contributed by atoms with Crippen molar-refractivity contribution in [1.29, 1.82) is 0 Å². The molecule has 0 aromatic heterocycles. The minimum atomic E-state index is -0.656. The molecule has 1 heterocycles.